The van der Waals surface area contributed by atoms with Crippen LogP contribution in [0, 0.1) is 0 Å². The molecule has 0 fully saturated rings. The number of benzene rings is 2. The molecule has 27 heavy (non-hydrogen) atoms. The molecule has 0 saturated carbocycles. The highest BCUT2D eigenvalue weighted by molar-refractivity contribution is 7.10. The lowest BCUT2D eigenvalue weighted by Crippen LogP contribution is -2.36. The zero-order valence-corrected chi connectivity index (χ0v) is 15.6. The molecule has 2 aromatic heterocycles. The minimum Gasteiger partial charge on any atom is -0.309 e. The third kappa shape index (κ3) is 2.99. The standard InChI is InChI=1S/C22H19N3OS/c26-22-16-8-4-5-9-18(16)23-20(24-22)14-25-12-10-19-17(11-13-27-19)21(25)15-6-2-1-3-7-15/h1-9,11,13,21H,10,12,14H2,(H,23,24,26)/t21-/m1/s1. The highest BCUT2D eigenvalue weighted by Crippen LogP contribution is 2.38. The molecule has 5 rings (SSSR count). The number of thiophene rings is 1. The first-order valence-electron chi connectivity index (χ1n) is 9.13. The Bertz CT molecular complexity index is 1150. The van der Waals surface area contributed by atoms with Crippen molar-refractivity contribution < 1.29 is 0 Å². The van der Waals surface area contributed by atoms with Crippen molar-refractivity contribution in [1.29, 1.82) is 0 Å². The third-order valence-corrected chi connectivity index (χ3v) is 6.19. The minimum absolute atomic E-state index is 0.0694. The molecule has 3 heterocycles. The monoisotopic (exact) mass is 373 g/mol. The van der Waals surface area contributed by atoms with E-state index in [1.165, 1.54) is 16.0 Å². The van der Waals surface area contributed by atoms with Gasteiger partial charge in [0.05, 0.1) is 23.5 Å². The first-order chi connectivity index (χ1) is 13.3. The maximum Gasteiger partial charge on any atom is 0.258 e. The Morgan fingerprint density at radius 1 is 1.07 bits per heavy atom. The van der Waals surface area contributed by atoms with Crippen molar-refractivity contribution in [3.63, 3.8) is 0 Å². The second-order valence-corrected chi connectivity index (χ2v) is 7.86. The molecule has 134 valence electrons. The number of aromatic amines is 1. The van der Waals surface area contributed by atoms with E-state index in [2.05, 4.69) is 45.6 Å². The van der Waals surface area contributed by atoms with E-state index in [0.717, 1.165) is 24.3 Å². The number of para-hydroxylation sites is 1. The fraction of sp³-hybridized carbons (Fsp3) is 0.182. The Hall–Kier alpha value is -2.76. The van der Waals surface area contributed by atoms with E-state index in [0.29, 0.717) is 11.9 Å². The van der Waals surface area contributed by atoms with Gasteiger partial charge in [-0.1, -0.05) is 42.5 Å². The number of hydrogen-bond donors (Lipinski definition) is 1. The average molecular weight is 373 g/mol. The number of hydrogen-bond acceptors (Lipinski definition) is 4. The summed E-state index contributed by atoms with van der Waals surface area (Å²) in [4.78, 5) is 24.0. The summed E-state index contributed by atoms with van der Waals surface area (Å²) < 4.78 is 0. The van der Waals surface area contributed by atoms with Crippen molar-refractivity contribution in [2.45, 2.75) is 19.0 Å². The topological polar surface area (TPSA) is 49.0 Å². The summed E-state index contributed by atoms with van der Waals surface area (Å²) in [6.07, 6.45) is 1.04. The molecule has 2 aromatic carbocycles. The van der Waals surface area contributed by atoms with Crippen LogP contribution in [0.15, 0.2) is 70.8 Å². The van der Waals surface area contributed by atoms with E-state index in [1.807, 2.05) is 41.7 Å². The van der Waals surface area contributed by atoms with Crippen LogP contribution in [0.25, 0.3) is 10.9 Å². The smallest absolute Gasteiger partial charge is 0.258 e. The lowest BCUT2D eigenvalue weighted by atomic mass is 9.93. The number of fused-ring (bicyclic) bond motifs is 2. The predicted molar refractivity (Wildman–Crippen MR) is 109 cm³/mol. The van der Waals surface area contributed by atoms with Crippen molar-refractivity contribution in [2.24, 2.45) is 0 Å². The van der Waals surface area contributed by atoms with Gasteiger partial charge in [0.1, 0.15) is 5.82 Å². The van der Waals surface area contributed by atoms with Crippen molar-refractivity contribution in [1.82, 2.24) is 14.9 Å². The molecule has 4 aromatic rings. The fourth-order valence-electron chi connectivity index (χ4n) is 3.97. The number of nitrogens with one attached hydrogen (secondary N) is 1. The van der Waals surface area contributed by atoms with E-state index < -0.39 is 0 Å². The summed E-state index contributed by atoms with van der Waals surface area (Å²) in [5.74, 6) is 0.721. The molecule has 0 radical (unpaired) electrons. The van der Waals surface area contributed by atoms with Gasteiger partial charge in [-0.25, -0.2) is 4.98 Å². The van der Waals surface area contributed by atoms with Crippen LogP contribution in [0.5, 0.6) is 0 Å². The van der Waals surface area contributed by atoms with Gasteiger partial charge in [0.2, 0.25) is 0 Å². The molecular weight excluding hydrogens is 354 g/mol. The van der Waals surface area contributed by atoms with Crippen LogP contribution in [-0.2, 0) is 13.0 Å². The molecule has 4 nitrogen and oxygen atoms in total. The Kier molecular flexibility index (Phi) is 4.11. The van der Waals surface area contributed by atoms with Gasteiger partial charge in [0.15, 0.2) is 0 Å². The summed E-state index contributed by atoms with van der Waals surface area (Å²) >= 11 is 1.84. The number of H-pyrrole nitrogens is 1. The molecular formula is C22H19N3OS. The third-order valence-electron chi connectivity index (χ3n) is 5.20. The van der Waals surface area contributed by atoms with Gasteiger partial charge in [0, 0.05) is 11.4 Å². The molecule has 1 aliphatic heterocycles. The molecule has 0 saturated heterocycles. The zero-order valence-electron chi connectivity index (χ0n) is 14.8. The molecule has 5 heteroatoms. The molecule has 0 spiro atoms. The highest BCUT2D eigenvalue weighted by atomic mass is 32.1. The molecule has 0 bridgehead atoms. The first-order valence-corrected chi connectivity index (χ1v) is 10.0. The van der Waals surface area contributed by atoms with Crippen LogP contribution in [-0.4, -0.2) is 21.4 Å². The molecule has 1 atom stereocenters. The van der Waals surface area contributed by atoms with Gasteiger partial charge in [-0.3, -0.25) is 9.69 Å². The maximum atomic E-state index is 12.4. The van der Waals surface area contributed by atoms with E-state index in [1.54, 1.807) is 0 Å². The van der Waals surface area contributed by atoms with Gasteiger partial charge in [-0.2, -0.15) is 0 Å². The Balaban J connectivity index is 1.55. The normalized spacial score (nSPS) is 17.1. The van der Waals surface area contributed by atoms with Gasteiger partial charge in [-0.05, 0) is 41.1 Å². The lowest BCUT2D eigenvalue weighted by molar-refractivity contribution is 0.201. The fourth-order valence-corrected chi connectivity index (χ4v) is 4.87. The zero-order chi connectivity index (χ0) is 18.2. The SMILES string of the molecule is O=c1[nH]c(CN2CCc3sccc3[C@H]2c2ccccc2)nc2ccccc12. The van der Waals surface area contributed by atoms with Gasteiger partial charge < -0.3 is 4.98 Å². The lowest BCUT2D eigenvalue weighted by Gasteiger charge is -2.36. The second-order valence-electron chi connectivity index (χ2n) is 6.86. The second kappa shape index (κ2) is 6.76. The van der Waals surface area contributed by atoms with Crippen LogP contribution in [0.1, 0.15) is 27.9 Å². The van der Waals surface area contributed by atoms with Crippen molar-refractivity contribution >= 4 is 22.2 Å². The van der Waals surface area contributed by atoms with Gasteiger partial charge >= 0.3 is 0 Å². The number of nitrogens with zero attached hydrogens (tertiary/aromatic N) is 2. The Morgan fingerprint density at radius 2 is 1.89 bits per heavy atom. The molecule has 0 amide bonds. The van der Waals surface area contributed by atoms with Gasteiger partial charge in [-0.15, -0.1) is 11.3 Å². The number of rotatable bonds is 3. The van der Waals surface area contributed by atoms with E-state index >= 15 is 0 Å². The molecule has 0 aliphatic carbocycles. The highest BCUT2D eigenvalue weighted by Gasteiger charge is 2.30. The van der Waals surface area contributed by atoms with Crippen LogP contribution in [0.4, 0.5) is 0 Å². The van der Waals surface area contributed by atoms with E-state index in [9.17, 15) is 4.79 Å². The van der Waals surface area contributed by atoms with Gasteiger partial charge in [0.25, 0.3) is 5.56 Å². The summed E-state index contributed by atoms with van der Waals surface area (Å²) in [5, 5.41) is 2.82. The van der Waals surface area contributed by atoms with Crippen molar-refractivity contribution in [3.8, 4) is 0 Å². The van der Waals surface area contributed by atoms with Crippen LogP contribution in [0.3, 0.4) is 0 Å². The quantitative estimate of drug-likeness (QED) is 0.587. The Labute approximate surface area is 161 Å². The minimum atomic E-state index is -0.0694. The Morgan fingerprint density at radius 3 is 2.78 bits per heavy atom. The van der Waals surface area contributed by atoms with Crippen LogP contribution < -0.4 is 5.56 Å². The molecule has 1 aliphatic rings. The van der Waals surface area contributed by atoms with Crippen LogP contribution >= 0.6 is 11.3 Å². The summed E-state index contributed by atoms with van der Waals surface area (Å²) in [6.45, 7) is 1.57. The molecule has 0 unspecified atom stereocenters. The number of aromatic nitrogens is 2. The van der Waals surface area contributed by atoms with E-state index in [-0.39, 0.29) is 11.6 Å². The largest absolute Gasteiger partial charge is 0.309 e. The van der Waals surface area contributed by atoms with Crippen LogP contribution in [0.2, 0.25) is 0 Å². The van der Waals surface area contributed by atoms with Crippen molar-refractivity contribution in [2.75, 3.05) is 6.54 Å². The first kappa shape index (κ1) is 16.4. The summed E-state index contributed by atoms with van der Waals surface area (Å²) in [5.41, 5.74) is 3.33. The van der Waals surface area contributed by atoms with E-state index in [4.69, 9.17) is 4.98 Å². The predicted octanol–water partition coefficient (Wildman–Crippen LogP) is 4.13. The maximum absolute atomic E-state index is 12.4. The average Bonchev–Trinajstić information content (AvgIpc) is 3.17. The molecule has 1 N–H and O–H groups in total. The summed E-state index contributed by atoms with van der Waals surface area (Å²) in [6, 6.07) is 20.5. The van der Waals surface area contributed by atoms with Crippen molar-refractivity contribution in [3.05, 3.63) is 98.2 Å². The summed E-state index contributed by atoms with van der Waals surface area (Å²) in [7, 11) is 0.